The van der Waals surface area contributed by atoms with Gasteiger partial charge < -0.3 is 14.0 Å². The van der Waals surface area contributed by atoms with Crippen LogP contribution in [-0.4, -0.2) is 24.1 Å². The van der Waals surface area contributed by atoms with Crippen LogP contribution in [0, 0.1) is 0 Å². The van der Waals surface area contributed by atoms with Crippen molar-refractivity contribution in [2.75, 3.05) is 4.90 Å². The molecule has 0 saturated heterocycles. The van der Waals surface area contributed by atoms with E-state index in [9.17, 15) is 0 Å². The van der Waals surface area contributed by atoms with Crippen LogP contribution in [0.5, 0.6) is 0 Å². The maximum atomic E-state index is 5.74. The third-order valence-corrected chi connectivity index (χ3v) is 15.8. The van der Waals surface area contributed by atoms with Crippen molar-refractivity contribution in [3.05, 3.63) is 258 Å². The number of allylic oxidation sites excluding steroid dienone is 6. The molecule has 0 saturated carbocycles. The highest BCUT2D eigenvalue weighted by atomic mass is 15.2. The molecule has 4 aliphatic rings. The van der Waals surface area contributed by atoms with E-state index < -0.39 is 0 Å². The molecule has 0 amide bonds. The molecule has 3 aliphatic carbocycles. The van der Waals surface area contributed by atoms with Crippen LogP contribution in [0.2, 0.25) is 0 Å². The molecule has 75 heavy (non-hydrogen) atoms. The Hall–Kier alpha value is -9.39. The Bertz CT molecular complexity index is 4080. The van der Waals surface area contributed by atoms with Gasteiger partial charge in [-0.1, -0.05) is 206 Å². The summed E-state index contributed by atoms with van der Waals surface area (Å²) in [6, 6.07) is 69.9. The van der Waals surface area contributed by atoms with Crippen molar-refractivity contribution in [1.29, 1.82) is 0 Å². The van der Waals surface area contributed by atoms with E-state index in [0.717, 1.165) is 99.1 Å². The Balaban J connectivity index is 1.26. The van der Waals surface area contributed by atoms with Gasteiger partial charge in [0.1, 0.15) is 0 Å². The molecule has 11 aromatic rings. The SMILES string of the molecule is C1=CCC2C(=C1)N(c1c(-c3ccccc3)c(-c3nc(-c4ccccc4)nc(-c4ccccc4)n3)c(-c3ccccc3)c(-n3c4ccccc4c4ccccc43)c1-n1c3c(c4c1CCC=C4)CCC=C3)c1ccccc12. The lowest BCUT2D eigenvalue weighted by atomic mass is 9.85. The lowest BCUT2D eigenvalue weighted by Crippen LogP contribution is -2.22. The molecular formula is C69H50N6. The van der Waals surface area contributed by atoms with E-state index in [1.807, 2.05) is 12.1 Å². The molecule has 0 radical (unpaired) electrons. The van der Waals surface area contributed by atoms with Crippen molar-refractivity contribution in [2.24, 2.45) is 0 Å². The Morgan fingerprint density at radius 3 is 1.61 bits per heavy atom. The van der Waals surface area contributed by atoms with Crippen molar-refractivity contribution in [3.63, 3.8) is 0 Å². The number of hydrogen-bond donors (Lipinski definition) is 0. The average Bonchev–Trinajstić information content (AvgIpc) is 4.14. The zero-order chi connectivity index (χ0) is 49.4. The molecule has 6 nitrogen and oxygen atoms in total. The van der Waals surface area contributed by atoms with Crippen molar-refractivity contribution >= 4 is 45.3 Å². The molecule has 0 spiro atoms. The van der Waals surface area contributed by atoms with Crippen LogP contribution < -0.4 is 4.90 Å². The number of rotatable bonds is 8. The fraction of sp³-hybridized carbons (Fsp3) is 0.0870. The molecule has 356 valence electrons. The summed E-state index contributed by atoms with van der Waals surface area (Å²) < 4.78 is 5.29. The van der Waals surface area contributed by atoms with Gasteiger partial charge in [0.15, 0.2) is 17.5 Å². The molecular weight excluding hydrogens is 913 g/mol. The molecule has 1 aliphatic heterocycles. The number of nitrogens with zero attached hydrogens (tertiary/aromatic N) is 6. The molecule has 15 rings (SSSR count). The fourth-order valence-corrected chi connectivity index (χ4v) is 12.6. The standard InChI is InChI=1S/C69H50N6/c1-5-25-45(26-6-1)61-63(69-71-67(47-29-9-3-10-30-47)70-68(72-69)48-31-11-4-12-32-48)62(46-27-7-2-8-28-46)65(74-57-41-21-15-35-51(57)52-36-16-22-42-58(52)74)66(75-59-43-23-17-37-53(59)54-38-18-24-44-60(54)75)64(61)73-55-39-19-13-33-49(55)50-34-14-20-40-56(50)73/h1-17,19-22,24-35,37,39-42,44,52H,18,23,36,38,43H2. The van der Waals surface area contributed by atoms with Gasteiger partial charge in [-0.15, -0.1) is 0 Å². The van der Waals surface area contributed by atoms with E-state index >= 15 is 0 Å². The van der Waals surface area contributed by atoms with Crippen LogP contribution in [0.25, 0.3) is 102 Å². The first-order chi connectivity index (χ1) is 37.3. The summed E-state index contributed by atoms with van der Waals surface area (Å²) in [5.41, 5.74) is 21.6. The molecule has 1 atom stereocenters. The minimum absolute atomic E-state index is 0.151. The second-order valence-electron chi connectivity index (χ2n) is 20.0. The minimum atomic E-state index is 0.151. The van der Waals surface area contributed by atoms with Crippen LogP contribution in [0.3, 0.4) is 0 Å². The Morgan fingerprint density at radius 1 is 0.427 bits per heavy atom. The van der Waals surface area contributed by atoms with E-state index in [4.69, 9.17) is 15.0 Å². The quantitative estimate of drug-likeness (QED) is 0.152. The Labute approximate surface area is 436 Å². The first-order valence-corrected chi connectivity index (χ1v) is 26.3. The molecule has 0 N–H and O–H groups in total. The normalized spacial score (nSPS) is 15.2. The van der Waals surface area contributed by atoms with Gasteiger partial charge in [-0.2, -0.15) is 0 Å². The van der Waals surface area contributed by atoms with Gasteiger partial charge in [0, 0.05) is 67.3 Å². The third kappa shape index (κ3) is 6.83. The molecule has 1 unspecified atom stereocenters. The first kappa shape index (κ1) is 43.2. The maximum Gasteiger partial charge on any atom is 0.165 e. The third-order valence-electron chi connectivity index (χ3n) is 15.8. The topological polar surface area (TPSA) is 51.8 Å². The number of anilines is 2. The number of fused-ring (bicyclic) bond motifs is 9. The summed E-state index contributed by atoms with van der Waals surface area (Å²) >= 11 is 0. The van der Waals surface area contributed by atoms with Gasteiger partial charge in [0.05, 0.1) is 28.1 Å². The summed E-state index contributed by atoms with van der Waals surface area (Å²) in [5.74, 6) is 1.96. The van der Waals surface area contributed by atoms with Crippen molar-refractivity contribution < 1.29 is 0 Å². The number of para-hydroxylation sites is 3. The Kier molecular flexibility index (Phi) is 10.2. The lowest BCUT2D eigenvalue weighted by molar-refractivity contribution is 0.816. The fourth-order valence-electron chi connectivity index (χ4n) is 12.6. The summed E-state index contributed by atoms with van der Waals surface area (Å²) in [4.78, 5) is 19.4. The van der Waals surface area contributed by atoms with Crippen molar-refractivity contribution in [2.45, 2.75) is 38.0 Å². The molecule has 0 fully saturated rings. The van der Waals surface area contributed by atoms with Crippen molar-refractivity contribution in [1.82, 2.24) is 24.1 Å². The molecule has 8 aromatic carbocycles. The van der Waals surface area contributed by atoms with Crippen LogP contribution in [-0.2, 0) is 12.8 Å². The average molecular weight is 963 g/mol. The minimum Gasteiger partial charge on any atom is -0.311 e. The summed E-state index contributed by atoms with van der Waals surface area (Å²) in [5, 5.41) is 2.38. The van der Waals surface area contributed by atoms with Gasteiger partial charge in [-0.25, -0.2) is 15.0 Å². The summed E-state index contributed by atoms with van der Waals surface area (Å²) in [6.45, 7) is 0. The molecule has 0 bridgehead atoms. The summed E-state index contributed by atoms with van der Waals surface area (Å²) in [6.07, 6.45) is 21.3. The predicted molar refractivity (Wildman–Crippen MR) is 309 cm³/mol. The molecule has 6 heteroatoms. The van der Waals surface area contributed by atoms with Crippen LogP contribution >= 0.6 is 0 Å². The van der Waals surface area contributed by atoms with Gasteiger partial charge in [0.2, 0.25) is 0 Å². The predicted octanol–water partition coefficient (Wildman–Crippen LogP) is 17.1. The number of aromatic nitrogens is 5. The number of hydrogen-bond acceptors (Lipinski definition) is 4. The second-order valence-corrected chi connectivity index (χ2v) is 20.0. The van der Waals surface area contributed by atoms with Gasteiger partial charge >= 0.3 is 0 Å². The Morgan fingerprint density at radius 2 is 0.960 bits per heavy atom. The highest BCUT2D eigenvalue weighted by molar-refractivity contribution is 6.15. The van der Waals surface area contributed by atoms with Crippen molar-refractivity contribution in [3.8, 4) is 67.8 Å². The van der Waals surface area contributed by atoms with E-state index in [1.54, 1.807) is 0 Å². The lowest BCUT2D eigenvalue weighted by Gasteiger charge is -2.35. The smallest absolute Gasteiger partial charge is 0.165 e. The molecule has 4 heterocycles. The van der Waals surface area contributed by atoms with Gasteiger partial charge in [-0.05, 0) is 90.3 Å². The van der Waals surface area contributed by atoms with E-state index in [0.29, 0.717) is 17.5 Å². The van der Waals surface area contributed by atoms with Gasteiger partial charge in [0.25, 0.3) is 0 Å². The monoisotopic (exact) mass is 962 g/mol. The highest BCUT2D eigenvalue weighted by Crippen LogP contribution is 2.60. The van der Waals surface area contributed by atoms with E-state index in [1.165, 1.54) is 50.2 Å². The maximum absolute atomic E-state index is 5.74. The zero-order valence-electron chi connectivity index (χ0n) is 41.3. The van der Waals surface area contributed by atoms with Crippen LogP contribution in [0.15, 0.2) is 230 Å². The number of benzene rings is 8. The van der Waals surface area contributed by atoms with Gasteiger partial charge in [-0.3, -0.25) is 0 Å². The largest absolute Gasteiger partial charge is 0.311 e. The second kappa shape index (κ2) is 17.7. The van der Waals surface area contributed by atoms with Crippen LogP contribution in [0.4, 0.5) is 11.4 Å². The van der Waals surface area contributed by atoms with E-state index in [2.05, 4.69) is 239 Å². The summed E-state index contributed by atoms with van der Waals surface area (Å²) in [7, 11) is 0. The first-order valence-electron chi connectivity index (χ1n) is 26.3. The van der Waals surface area contributed by atoms with Crippen LogP contribution in [0.1, 0.15) is 53.3 Å². The molecule has 3 aromatic heterocycles. The highest BCUT2D eigenvalue weighted by Gasteiger charge is 2.42. The van der Waals surface area contributed by atoms with E-state index in [-0.39, 0.29) is 5.92 Å². The zero-order valence-corrected chi connectivity index (χ0v) is 41.3.